The monoisotopic (exact) mass is 476 g/mol. The first-order valence-electron chi connectivity index (χ1n) is 10.8. The molecule has 2 heterocycles. The number of sulfone groups is 1. The van der Waals surface area contributed by atoms with Crippen LogP contribution in [-0.4, -0.2) is 26.1 Å². The van der Waals surface area contributed by atoms with E-state index in [0.717, 1.165) is 32.4 Å². The van der Waals surface area contributed by atoms with Crippen LogP contribution in [0.5, 0.6) is 0 Å². The normalized spacial score (nSPS) is 17.1. The molecular weight excluding hydrogens is 451 g/mol. The Kier molecular flexibility index (Phi) is 6.32. The molecule has 0 amide bonds. The first kappa shape index (κ1) is 22.8. The van der Waals surface area contributed by atoms with Gasteiger partial charge in [-0.2, -0.15) is 0 Å². The van der Waals surface area contributed by atoms with Crippen molar-refractivity contribution in [3.8, 4) is 0 Å². The quantitative estimate of drug-likeness (QED) is 0.503. The Balaban J connectivity index is 1.92. The summed E-state index contributed by atoms with van der Waals surface area (Å²) in [5.41, 5.74) is 0.308. The van der Waals surface area contributed by atoms with Crippen LogP contribution in [-0.2, 0) is 16.4 Å². The number of fused-ring (bicyclic) bond motifs is 1. The van der Waals surface area contributed by atoms with Crippen molar-refractivity contribution in [1.29, 1.82) is 0 Å². The highest BCUT2D eigenvalue weighted by Gasteiger charge is 2.26. The second-order valence-electron chi connectivity index (χ2n) is 8.49. The number of aryl methyl sites for hydroxylation is 1. The molecule has 5 nitrogen and oxygen atoms in total. The maximum absolute atomic E-state index is 15.2. The lowest BCUT2D eigenvalue weighted by molar-refractivity contribution is 0.442. The molecule has 8 heteroatoms. The second kappa shape index (κ2) is 8.87. The van der Waals surface area contributed by atoms with Crippen LogP contribution in [0.25, 0.3) is 10.9 Å². The van der Waals surface area contributed by atoms with Crippen molar-refractivity contribution in [2.75, 3.05) is 18.0 Å². The number of nitrogens with zero attached hydrogens (tertiary/aromatic N) is 2. The Bertz CT molecular complexity index is 1320. The van der Waals surface area contributed by atoms with Crippen LogP contribution in [0.4, 0.5) is 10.1 Å². The summed E-state index contributed by atoms with van der Waals surface area (Å²) in [6, 6.07) is 8.55. The number of rotatable bonds is 5. The van der Waals surface area contributed by atoms with Crippen LogP contribution >= 0.6 is 11.6 Å². The summed E-state index contributed by atoms with van der Waals surface area (Å²) in [5, 5.41) is 0.465. The standard InChI is InChI=1S/C24H26ClFN2O3S/c1-3-10-27-15-23(32(30,31)18-8-6-17(25)7-9-18)24(29)19-12-20(26)22(13-21(19)27)28-11-4-5-16(2)14-28/h6-9,12-13,15-16H,3-5,10-11,14H2,1-2H3. The predicted octanol–water partition coefficient (Wildman–Crippen LogP) is 5.27. The first-order valence-corrected chi connectivity index (χ1v) is 12.7. The van der Waals surface area contributed by atoms with Gasteiger partial charge in [0.25, 0.3) is 0 Å². The molecule has 0 aliphatic carbocycles. The zero-order chi connectivity index (χ0) is 23.0. The van der Waals surface area contributed by atoms with Crippen molar-refractivity contribution < 1.29 is 12.8 Å². The Morgan fingerprint density at radius 3 is 2.56 bits per heavy atom. The third-order valence-corrected chi connectivity index (χ3v) is 8.01. The summed E-state index contributed by atoms with van der Waals surface area (Å²) < 4.78 is 43.4. The molecule has 0 spiro atoms. The minimum Gasteiger partial charge on any atom is -0.369 e. The predicted molar refractivity (Wildman–Crippen MR) is 126 cm³/mol. The van der Waals surface area contributed by atoms with E-state index in [4.69, 9.17) is 11.6 Å². The van der Waals surface area contributed by atoms with Gasteiger partial charge in [-0.1, -0.05) is 25.4 Å². The fraction of sp³-hybridized carbons (Fsp3) is 0.375. The summed E-state index contributed by atoms with van der Waals surface area (Å²) in [7, 11) is -4.09. The van der Waals surface area contributed by atoms with E-state index in [2.05, 4.69) is 6.92 Å². The van der Waals surface area contributed by atoms with Crippen molar-refractivity contribution >= 4 is 38.0 Å². The van der Waals surface area contributed by atoms with E-state index in [1.165, 1.54) is 36.5 Å². The fourth-order valence-corrected chi connectivity index (χ4v) is 5.88. The van der Waals surface area contributed by atoms with Crippen molar-refractivity contribution in [3.05, 3.63) is 63.7 Å². The molecule has 1 fully saturated rings. The van der Waals surface area contributed by atoms with Gasteiger partial charge in [0.1, 0.15) is 10.7 Å². The molecule has 0 saturated carbocycles. The molecule has 1 unspecified atom stereocenters. The summed E-state index contributed by atoms with van der Waals surface area (Å²) in [4.78, 5) is 14.9. The van der Waals surface area contributed by atoms with E-state index in [9.17, 15) is 13.2 Å². The molecule has 2 aromatic carbocycles. The van der Waals surface area contributed by atoms with Gasteiger partial charge >= 0.3 is 0 Å². The average molecular weight is 477 g/mol. The van der Waals surface area contributed by atoms with Gasteiger partial charge < -0.3 is 9.47 Å². The molecule has 1 saturated heterocycles. The zero-order valence-corrected chi connectivity index (χ0v) is 19.7. The van der Waals surface area contributed by atoms with E-state index in [1.807, 2.05) is 11.8 Å². The molecule has 3 aromatic rings. The third kappa shape index (κ3) is 4.16. The van der Waals surface area contributed by atoms with Gasteiger partial charge in [0.2, 0.25) is 15.3 Å². The highest BCUT2D eigenvalue weighted by atomic mass is 35.5. The largest absolute Gasteiger partial charge is 0.369 e. The molecular formula is C24H26ClFN2O3S. The number of pyridine rings is 1. The van der Waals surface area contributed by atoms with Crippen molar-refractivity contribution in [2.45, 2.75) is 49.4 Å². The van der Waals surface area contributed by atoms with Crippen LogP contribution in [0.15, 0.2) is 57.2 Å². The topological polar surface area (TPSA) is 59.4 Å². The number of benzene rings is 2. The lowest BCUT2D eigenvalue weighted by atomic mass is 9.99. The average Bonchev–Trinajstić information content (AvgIpc) is 2.75. The van der Waals surface area contributed by atoms with Crippen LogP contribution in [0.1, 0.15) is 33.1 Å². The lowest BCUT2D eigenvalue weighted by Crippen LogP contribution is -2.35. The maximum atomic E-state index is 15.2. The SMILES string of the molecule is CCCn1cc(S(=O)(=O)c2ccc(Cl)cc2)c(=O)c2cc(F)c(N3CCCC(C)C3)cc21. The Hall–Kier alpha value is -2.38. The highest BCUT2D eigenvalue weighted by molar-refractivity contribution is 7.91. The summed E-state index contributed by atoms with van der Waals surface area (Å²) >= 11 is 5.88. The number of aromatic nitrogens is 1. The van der Waals surface area contributed by atoms with Gasteiger partial charge in [0.15, 0.2) is 0 Å². The fourth-order valence-electron chi connectivity index (χ4n) is 4.38. The van der Waals surface area contributed by atoms with E-state index in [1.54, 1.807) is 10.6 Å². The van der Waals surface area contributed by atoms with Gasteiger partial charge in [-0.05, 0) is 61.6 Å². The highest BCUT2D eigenvalue weighted by Crippen LogP contribution is 2.30. The van der Waals surface area contributed by atoms with Gasteiger partial charge in [0.05, 0.1) is 21.5 Å². The summed E-state index contributed by atoms with van der Waals surface area (Å²) in [6.07, 6.45) is 4.21. The number of halogens is 2. The minimum absolute atomic E-state index is 0.0270. The van der Waals surface area contributed by atoms with E-state index in [0.29, 0.717) is 28.7 Å². The molecule has 4 rings (SSSR count). The summed E-state index contributed by atoms with van der Waals surface area (Å²) in [6.45, 7) is 6.12. The minimum atomic E-state index is -4.09. The van der Waals surface area contributed by atoms with Crippen LogP contribution in [0.3, 0.4) is 0 Å². The number of hydrogen-bond donors (Lipinski definition) is 0. The molecule has 0 radical (unpaired) electrons. The number of hydrogen-bond acceptors (Lipinski definition) is 4. The number of piperidine rings is 1. The first-order chi connectivity index (χ1) is 15.2. The van der Waals surface area contributed by atoms with E-state index >= 15 is 4.39 Å². The molecule has 0 N–H and O–H groups in total. The third-order valence-electron chi connectivity index (χ3n) is 5.99. The Labute approximate surface area is 192 Å². The summed E-state index contributed by atoms with van der Waals surface area (Å²) in [5.74, 6) is -0.0450. The Morgan fingerprint density at radius 2 is 1.91 bits per heavy atom. The van der Waals surface area contributed by atoms with Gasteiger partial charge in [-0.3, -0.25) is 4.79 Å². The molecule has 1 atom stereocenters. The maximum Gasteiger partial charge on any atom is 0.211 e. The smallest absolute Gasteiger partial charge is 0.211 e. The Morgan fingerprint density at radius 1 is 1.19 bits per heavy atom. The lowest BCUT2D eigenvalue weighted by Gasteiger charge is -2.33. The van der Waals surface area contributed by atoms with Gasteiger partial charge in [0, 0.05) is 30.9 Å². The van der Waals surface area contributed by atoms with Crippen molar-refractivity contribution in [2.24, 2.45) is 5.92 Å². The number of anilines is 1. The van der Waals surface area contributed by atoms with Gasteiger partial charge in [-0.15, -0.1) is 0 Å². The van der Waals surface area contributed by atoms with E-state index in [-0.39, 0.29) is 15.2 Å². The van der Waals surface area contributed by atoms with Crippen LogP contribution < -0.4 is 10.3 Å². The molecule has 170 valence electrons. The van der Waals surface area contributed by atoms with Crippen LogP contribution in [0.2, 0.25) is 5.02 Å². The van der Waals surface area contributed by atoms with Gasteiger partial charge in [-0.25, -0.2) is 12.8 Å². The molecule has 0 bridgehead atoms. The second-order valence-corrected chi connectivity index (χ2v) is 10.8. The molecule has 32 heavy (non-hydrogen) atoms. The van der Waals surface area contributed by atoms with Crippen molar-refractivity contribution in [1.82, 2.24) is 4.57 Å². The molecule has 1 aliphatic heterocycles. The molecule has 1 aromatic heterocycles. The zero-order valence-electron chi connectivity index (χ0n) is 18.1. The van der Waals surface area contributed by atoms with Crippen molar-refractivity contribution in [3.63, 3.8) is 0 Å². The van der Waals surface area contributed by atoms with Crippen LogP contribution in [0, 0.1) is 11.7 Å². The van der Waals surface area contributed by atoms with E-state index < -0.39 is 21.1 Å². The molecule has 1 aliphatic rings.